The Kier molecular flexibility index (Phi) is 8.57. The number of hydroxylamine groups is 1. The van der Waals surface area contributed by atoms with Crippen LogP contribution in [0, 0.1) is 5.41 Å². The zero-order chi connectivity index (χ0) is 31.3. The third kappa shape index (κ3) is 6.68. The van der Waals surface area contributed by atoms with Gasteiger partial charge in [-0.15, -0.1) is 5.06 Å². The molecule has 0 bridgehead atoms. The number of benzene rings is 4. The Balaban J connectivity index is 1.55. The van der Waals surface area contributed by atoms with Crippen LogP contribution in [0.5, 0.6) is 0 Å². The van der Waals surface area contributed by atoms with Gasteiger partial charge in [-0.1, -0.05) is 78.9 Å². The lowest BCUT2D eigenvalue weighted by Gasteiger charge is -2.22. The van der Waals surface area contributed by atoms with Crippen LogP contribution in [0.1, 0.15) is 47.8 Å². The van der Waals surface area contributed by atoms with Crippen LogP contribution in [0.3, 0.4) is 0 Å². The van der Waals surface area contributed by atoms with Crippen LogP contribution in [0.4, 0.5) is 16.2 Å². The number of ether oxygens (including phenoxy) is 1. The van der Waals surface area contributed by atoms with Crippen molar-refractivity contribution in [2.24, 2.45) is 5.41 Å². The van der Waals surface area contributed by atoms with Crippen molar-refractivity contribution >= 4 is 46.6 Å². The van der Waals surface area contributed by atoms with Crippen LogP contribution < -0.4 is 15.7 Å². The van der Waals surface area contributed by atoms with Crippen LogP contribution in [-0.4, -0.2) is 23.9 Å². The molecule has 5 rings (SSSR count). The van der Waals surface area contributed by atoms with E-state index in [1.807, 2.05) is 30.3 Å². The monoisotopic (exact) mass is 589 g/mol. The first-order valence-electron chi connectivity index (χ1n) is 14.0. The molecular formula is C35H31N3O6. The minimum absolute atomic E-state index is 0.00123. The van der Waals surface area contributed by atoms with E-state index in [1.165, 1.54) is 6.07 Å². The minimum atomic E-state index is -0.928. The standard InChI is InChI=1S/C35H31N3O6/c1-35(2,3)33(41)44-38-28-21-26(37-34(42)36-22-23-13-7-4-8-14-23)19-20-27(28)29(31(38)39)30(24-15-9-5-10-16-24)43-32(40)25-17-11-6-12-18-25/h4-21H,22H2,1-3H3,(H2,36,37,42)/b30-29-. The van der Waals surface area contributed by atoms with Crippen molar-refractivity contribution in [3.63, 3.8) is 0 Å². The van der Waals surface area contributed by atoms with Crippen molar-refractivity contribution in [3.05, 3.63) is 131 Å². The molecule has 0 spiro atoms. The number of fused-ring (bicyclic) bond motifs is 1. The molecule has 3 amide bonds. The molecule has 4 aromatic carbocycles. The second kappa shape index (κ2) is 12.7. The van der Waals surface area contributed by atoms with E-state index in [9.17, 15) is 19.2 Å². The summed E-state index contributed by atoms with van der Waals surface area (Å²) in [4.78, 5) is 58.6. The predicted octanol–water partition coefficient (Wildman–Crippen LogP) is 6.58. The molecule has 9 nitrogen and oxygen atoms in total. The first-order valence-corrected chi connectivity index (χ1v) is 14.0. The SMILES string of the molecule is CC(C)(C)C(=O)ON1C(=O)/C(=C(\OC(=O)c2ccccc2)c2ccccc2)c2ccc(NC(=O)NCc3ccccc3)cc21. The molecule has 1 heterocycles. The number of carbonyl (C=O) groups is 4. The van der Waals surface area contributed by atoms with Crippen LogP contribution in [-0.2, 0) is 25.7 Å². The second-order valence-corrected chi connectivity index (χ2v) is 11.1. The van der Waals surface area contributed by atoms with Crippen LogP contribution in [0.25, 0.3) is 11.3 Å². The largest absolute Gasteiger partial charge is 0.421 e. The van der Waals surface area contributed by atoms with E-state index in [0.29, 0.717) is 28.9 Å². The van der Waals surface area contributed by atoms with Crippen LogP contribution in [0.15, 0.2) is 109 Å². The van der Waals surface area contributed by atoms with Crippen molar-refractivity contribution in [2.45, 2.75) is 27.3 Å². The molecule has 4 aromatic rings. The molecule has 44 heavy (non-hydrogen) atoms. The number of nitrogens with one attached hydrogen (secondary N) is 2. The van der Waals surface area contributed by atoms with Gasteiger partial charge >= 0.3 is 18.0 Å². The van der Waals surface area contributed by atoms with E-state index < -0.39 is 29.3 Å². The summed E-state index contributed by atoms with van der Waals surface area (Å²) in [6.45, 7) is 5.31. The van der Waals surface area contributed by atoms with Crippen LogP contribution in [0.2, 0.25) is 0 Å². The molecule has 1 aliphatic rings. The Bertz CT molecular complexity index is 1730. The third-order valence-corrected chi connectivity index (χ3v) is 6.69. The maximum atomic E-state index is 14.1. The highest BCUT2D eigenvalue weighted by atomic mass is 16.7. The number of hydrogen-bond donors (Lipinski definition) is 2. The molecular weight excluding hydrogens is 558 g/mol. The zero-order valence-corrected chi connectivity index (χ0v) is 24.5. The topological polar surface area (TPSA) is 114 Å². The van der Waals surface area contributed by atoms with Gasteiger partial charge < -0.3 is 20.2 Å². The Morgan fingerprint density at radius 1 is 0.773 bits per heavy atom. The fourth-order valence-electron chi connectivity index (χ4n) is 4.37. The predicted molar refractivity (Wildman–Crippen MR) is 167 cm³/mol. The number of esters is 1. The second-order valence-electron chi connectivity index (χ2n) is 11.1. The summed E-state index contributed by atoms with van der Waals surface area (Å²) in [5, 5.41) is 6.43. The number of carbonyl (C=O) groups excluding carboxylic acids is 4. The number of amides is 3. The highest BCUT2D eigenvalue weighted by molar-refractivity contribution is 6.37. The normalized spacial score (nSPS) is 13.5. The first kappa shape index (κ1) is 29.8. The molecule has 2 N–H and O–H groups in total. The minimum Gasteiger partial charge on any atom is -0.421 e. The Morgan fingerprint density at radius 2 is 1.36 bits per heavy atom. The van der Waals surface area contributed by atoms with Gasteiger partial charge in [-0.05, 0) is 56.7 Å². The maximum absolute atomic E-state index is 14.1. The molecule has 1 aliphatic heterocycles. The summed E-state index contributed by atoms with van der Waals surface area (Å²) in [7, 11) is 0. The highest BCUT2D eigenvalue weighted by Crippen LogP contribution is 2.43. The highest BCUT2D eigenvalue weighted by Gasteiger charge is 2.41. The molecule has 222 valence electrons. The van der Waals surface area contributed by atoms with Gasteiger partial charge in [-0.3, -0.25) is 4.79 Å². The van der Waals surface area contributed by atoms with E-state index in [0.717, 1.165) is 10.6 Å². The van der Waals surface area contributed by atoms with Crippen molar-refractivity contribution < 1.29 is 28.8 Å². The summed E-state index contributed by atoms with van der Waals surface area (Å²) in [6, 6.07) is 30.9. The van der Waals surface area contributed by atoms with E-state index in [4.69, 9.17) is 9.57 Å². The first-order chi connectivity index (χ1) is 21.1. The average molecular weight is 590 g/mol. The molecule has 0 fully saturated rings. The van der Waals surface area contributed by atoms with Gasteiger partial charge in [0.15, 0.2) is 5.76 Å². The summed E-state index contributed by atoms with van der Waals surface area (Å²) in [5.74, 6) is -2.02. The average Bonchev–Trinajstić information content (AvgIpc) is 3.29. The number of rotatable bonds is 7. The zero-order valence-electron chi connectivity index (χ0n) is 24.5. The molecule has 0 aliphatic carbocycles. The van der Waals surface area contributed by atoms with E-state index in [1.54, 1.807) is 93.6 Å². The summed E-state index contributed by atoms with van der Waals surface area (Å²) in [6.07, 6.45) is 0. The molecule has 0 radical (unpaired) electrons. The summed E-state index contributed by atoms with van der Waals surface area (Å²) < 4.78 is 5.90. The quantitative estimate of drug-likeness (QED) is 0.143. The lowest BCUT2D eigenvalue weighted by molar-refractivity contribution is -0.157. The van der Waals surface area contributed by atoms with E-state index in [-0.39, 0.29) is 17.0 Å². The Labute approximate surface area is 255 Å². The Hall–Kier alpha value is -5.70. The van der Waals surface area contributed by atoms with Gasteiger partial charge in [-0.2, -0.15) is 0 Å². The molecule has 0 aromatic heterocycles. The number of urea groups is 1. The van der Waals surface area contributed by atoms with Gasteiger partial charge in [0, 0.05) is 23.4 Å². The maximum Gasteiger partial charge on any atom is 0.343 e. The summed E-state index contributed by atoms with van der Waals surface area (Å²) in [5.41, 5.74) is 1.69. The fraction of sp³-hybridized carbons (Fsp3) is 0.143. The van der Waals surface area contributed by atoms with E-state index in [2.05, 4.69) is 10.6 Å². The van der Waals surface area contributed by atoms with Crippen LogP contribution >= 0.6 is 0 Å². The number of anilines is 2. The Morgan fingerprint density at radius 3 is 1.98 bits per heavy atom. The lowest BCUT2D eigenvalue weighted by atomic mass is 9.98. The molecule has 0 atom stereocenters. The number of nitrogens with zero attached hydrogens (tertiary/aromatic N) is 1. The smallest absolute Gasteiger partial charge is 0.343 e. The van der Waals surface area contributed by atoms with Gasteiger partial charge in [0.2, 0.25) is 0 Å². The van der Waals surface area contributed by atoms with Gasteiger partial charge in [0.1, 0.15) is 0 Å². The van der Waals surface area contributed by atoms with Crippen molar-refractivity contribution in [1.82, 2.24) is 5.32 Å². The molecule has 0 unspecified atom stereocenters. The van der Waals surface area contributed by atoms with Crippen molar-refractivity contribution in [3.8, 4) is 0 Å². The van der Waals surface area contributed by atoms with E-state index >= 15 is 0 Å². The van der Waals surface area contributed by atoms with Crippen molar-refractivity contribution in [2.75, 3.05) is 10.4 Å². The molecule has 0 saturated heterocycles. The number of hydrogen-bond acceptors (Lipinski definition) is 6. The summed E-state index contributed by atoms with van der Waals surface area (Å²) >= 11 is 0. The van der Waals surface area contributed by atoms with Gasteiger partial charge in [0.05, 0.1) is 22.2 Å². The fourth-order valence-corrected chi connectivity index (χ4v) is 4.37. The molecule has 0 saturated carbocycles. The molecule has 9 heteroatoms. The third-order valence-electron chi connectivity index (χ3n) is 6.69. The lowest BCUT2D eigenvalue weighted by Crippen LogP contribution is -2.35. The van der Waals surface area contributed by atoms with Gasteiger partial charge in [-0.25, -0.2) is 14.4 Å². The van der Waals surface area contributed by atoms with Gasteiger partial charge in [0.25, 0.3) is 5.91 Å². The van der Waals surface area contributed by atoms with Crippen molar-refractivity contribution in [1.29, 1.82) is 0 Å².